The Kier molecular flexibility index (Phi) is 4.94. The molecule has 5 rings (SSSR count). The maximum Gasteiger partial charge on any atom is 0.251 e. The van der Waals surface area contributed by atoms with Crippen molar-refractivity contribution in [3.05, 3.63) is 98.5 Å². The zero-order valence-corrected chi connectivity index (χ0v) is 17.8. The van der Waals surface area contributed by atoms with E-state index < -0.39 is 6.23 Å². The summed E-state index contributed by atoms with van der Waals surface area (Å²) in [5.41, 5.74) is 3.18. The number of carbonyl (C=O) groups excluding carboxylic acids is 1. The molecule has 7 heteroatoms. The largest absolute Gasteiger partial charge is 0.459 e. The summed E-state index contributed by atoms with van der Waals surface area (Å²) in [7, 11) is 0. The molecular formula is C23H15Cl3N2O2. The number of benzene rings is 3. The zero-order chi connectivity index (χ0) is 20.8. The summed E-state index contributed by atoms with van der Waals surface area (Å²) in [6.45, 7) is 0. The molecule has 2 aliphatic rings. The third kappa shape index (κ3) is 3.35. The molecule has 30 heavy (non-hydrogen) atoms. The van der Waals surface area contributed by atoms with Gasteiger partial charge in [0.1, 0.15) is 5.75 Å². The van der Waals surface area contributed by atoms with Crippen LogP contribution < -0.4 is 4.74 Å². The van der Waals surface area contributed by atoms with Crippen molar-refractivity contribution in [1.82, 2.24) is 5.01 Å². The molecule has 0 N–H and O–H groups in total. The number of carbonyl (C=O) groups is 1. The molecule has 0 aromatic heterocycles. The van der Waals surface area contributed by atoms with Gasteiger partial charge in [-0.05, 0) is 42.0 Å². The average Bonchev–Trinajstić information content (AvgIpc) is 3.20. The van der Waals surface area contributed by atoms with Crippen molar-refractivity contribution in [2.24, 2.45) is 5.10 Å². The highest BCUT2D eigenvalue weighted by molar-refractivity contribution is 6.35. The fraction of sp³-hybridized carbons (Fsp3) is 0.130. The topological polar surface area (TPSA) is 41.9 Å². The number of nitrogens with zero attached hydrogens (tertiary/aromatic N) is 2. The van der Waals surface area contributed by atoms with Crippen LogP contribution in [0.3, 0.4) is 0 Å². The van der Waals surface area contributed by atoms with E-state index >= 15 is 0 Å². The lowest BCUT2D eigenvalue weighted by molar-refractivity contribution is -0.00447. The Morgan fingerprint density at radius 3 is 2.43 bits per heavy atom. The summed E-state index contributed by atoms with van der Waals surface area (Å²) in [4.78, 5) is 13.3. The third-order valence-electron chi connectivity index (χ3n) is 5.27. The van der Waals surface area contributed by atoms with Crippen LogP contribution in [0.2, 0.25) is 15.1 Å². The Hall–Kier alpha value is -2.53. The number of fused-ring (bicyclic) bond motifs is 3. The van der Waals surface area contributed by atoms with Crippen LogP contribution in [0.1, 0.15) is 33.9 Å². The highest BCUT2D eigenvalue weighted by atomic mass is 35.5. The minimum Gasteiger partial charge on any atom is -0.459 e. The normalized spacial score (nSPS) is 19.6. The van der Waals surface area contributed by atoms with Crippen molar-refractivity contribution in [3.8, 4) is 5.75 Å². The molecule has 2 aliphatic heterocycles. The first-order valence-corrected chi connectivity index (χ1v) is 10.5. The minimum atomic E-state index is -0.941. The molecule has 0 fully saturated rings. The van der Waals surface area contributed by atoms with Crippen molar-refractivity contribution in [3.63, 3.8) is 0 Å². The van der Waals surface area contributed by atoms with Crippen LogP contribution in [0.25, 0.3) is 0 Å². The van der Waals surface area contributed by atoms with E-state index in [0.717, 1.165) is 16.8 Å². The molecule has 4 nitrogen and oxygen atoms in total. The van der Waals surface area contributed by atoms with E-state index in [0.29, 0.717) is 32.8 Å². The first-order valence-electron chi connectivity index (χ1n) is 9.38. The van der Waals surface area contributed by atoms with E-state index in [1.807, 2.05) is 36.4 Å². The predicted octanol–water partition coefficient (Wildman–Crippen LogP) is 6.40. The number of halogens is 3. The van der Waals surface area contributed by atoms with Crippen LogP contribution in [-0.4, -0.2) is 22.7 Å². The Morgan fingerprint density at radius 1 is 0.967 bits per heavy atom. The number of Topliss-reactive ketones (excluding diaryl/α,β-unsaturated/α-hetero) is 1. The molecule has 0 amide bonds. The van der Waals surface area contributed by atoms with Gasteiger partial charge in [-0.3, -0.25) is 4.79 Å². The lowest BCUT2D eigenvalue weighted by Crippen LogP contribution is -2.46. The molecule has 3 aromatic carbocycles. The van der Waals surface area contributed by atoms with Gasteiger partial charge in [0.2, 0.25) is 5.78 Å². The van der Waals surface area contributed by atoms with Gasteiger partial charge in [0.25, 0.3) is 6.23 Å². The summed E-state index contributed by atoms with van der Waals surface area (Å²) in [6, 6.07) is 19.8. The van der Waals surface area contributed by atoms with Crippen molar-refractivity contribution < 1.29 is 9.53 Å². The molecule has 0 bridgehead atoms. The van der Waals surface area contributed by atoms with Crippen LogP contribution in [0.5, 0.6) is 5.75 Å². The molecule has 3 aromatic rings. The monoisotopic (exact) mass is 456 g/mol. The zero-order valence-electron chi connectivity index (χ0n) is 15.6. The maximum absolute atomic E-state index is 13.3. The van der Waals surface area contributed by atoms with E-state index in [-0.39, 0.29) is 11.8 Å². The first kappa shape index (κ1) is 19.4. The maximum atomic E-state index is 13.3. The summed E-state index contributed by atoms with van der Waals surface area (Å²) in [5.74, 6) is 0.255. The van der Waals surface area contributed by atoms with Gasteiger partial charge in [0.15, 0.2) is 0 Å². The summed E-state index contributed by atoms with van der Waals surface area (Å²) in [5, 5.41) is 7.94. The second-order valence-electron chi connectivity index (χ2n) is 7.16. The molecule has 150 valence electrons. The van der Waals surface area contributed by atoms with E-state index in [4.69, 9.17) is 44.6 Å². The minimum absolute atomic E-state index is 0.207. The molecule has 2 atom stereocenters. The van der Waals surface area contributed by atoms with Crippen LogP contribution in [0.4, 0.5) is 0 Å². The molecular weight excluding hydrogens is 443 g/mol. The Labute approximate surface area is 188 Å². The van der Waals surface area contributed by atoms with Gasteiger partial charge in [0, 0.05) is 27.6 Å². The van der Waals surface area contributed by atoms with Crippen molar-refractivity contribution >= 4 is 46.3 Å². The highest BCUT2D eigenvalue weighted by Crippen LogP contribution is 2.47. The quantitative estimate of drug-likeness (QED) is 0.427. The number of hydrogen-bond donors (Lipinski definition) is 0. The molecule has 0 radical (unpaired) electrons. The Balaban J connectivity index is 1.60. The van der Waals surface area contributed by atoms with E-state index in [2.05, 4.69) is 0 Å². The van der Waals surface area contributed by atoms with E-state index in [1.54, 1.807) is 35.3 Å². The molecule has 2 unspecified atom stereocenters. The second-order valence-corrected chi connectivity index (χ2v) is 8.44. The lowest BCUT2D eigenvalue weighted by Gasteiger charge is -2.37. The van der Waals surface area contributed by atoms with Crippen LogP contribution in [0.15, 0.2) is 71.8 Å². The van der Waals surface area contributed by atoms with Crippen LogP contribution in [0, 0.1) is 0 Å². The number of hydrogen-bond acceptors (Lipinski definition) is 4. The number of ether oxygens (including phenoxy) is 1. The number of hydrazone groups is 1. The van der Waals surface area contributed by atoms with Crippen LogP contribution >= 0.6 is 34.8 Å². The lowest BCUT2D eigenvalue weighted by atomic mass is 9.95. The summed E-state index contributed by atoms with van der Waals surface area (Å²) >= 11 is 18.7. The highest BCUT2D eigenvalue weighted by Gasteiger charge is 2.44. The number of ketones is 1. The standard InChI is InChI=1S/C23H15Cl3N2O2/c24-15-8-6-14(7-9-15)21(29)23-28-20(12-19(27-28)13-4-2-1-3-5-13)17-10-16(25)11-18(26)22(17)30-23/h1-11,20,23H,12H2. The fourth-order valence-corrected chi connectivity index (χ4v) is 4.53. The predicted molar refractivity (Wildman–Crippen MR) is 119 cm³/mol. The van der Waals surface area contributed by atoms with Gasteiger partial charge in [-0.15, -0.1) is 0 Å². The third-order valence-corrected chi connectivity index (χ3v) is 6.02. The summed E-state index contributed by atoms with van der Waals surface area (Å²) < 4.78 is 6.11. The van der Waals surface area contributed by atoms with Gasteiger partial charge >= 0.3 is 0 Å². The van der Waals surface area contributed by atoms with E-state index in [9.17, 15) is 4.79 Å². The van der Waals surface area contributed by atoms with Crippen molar-refractivity contribution in [1.29, 1.82) is 0 Å². The molecule has 0 saturated carbocycles. The van der Waals surface area contributed by atoms with Crippen molar-refractivity contribution in [2.75, 3.05) is 0 Å². The van der Waals surface area contributed by atoms with Gasteiger partial charge in [-0.1, -0.05) is 65.1 Å². The van der Waals surface area contributed by atoms with E-state index in [1.165, 1.54) is 0 Å². The Bertz CT molecular complexity index is 1160. The van der Waals surface area contributed by atoms with Crippen molar-refractivity contribution in [2.45, 2.75) is 18.7 Å². The fourth-order valence-electron chi connectivity index (χ4n) is 3.85. The smallest absolute Gasteiger partial charge is 0.251 e. The van der Waals surface area contributed by atoms with Gasteiger partial charge < -0.3 is 4.74 Å². The SMILES string of the molecule is O=C(c1ccc(Cl)cc1)C1Oc2c(Cl)cc(Cl)cc2C2CC(c3ccccc3)=NN12. The molecule has 0 spiro atoms. The average molecular weight is 458 g/mol. The molecule has 0 saturated heterocycles. The summed E-state index contributed by atoms with van der Waals surface area (Å²) in [6.07, 6.45) is -0.329. The Morgan fingerprint density at radius 2 is 1.70 bits per heavy atom. The number of rotatable bonds is 3. The molecule has 0 aliphatic carbocycles. The first-order chi connectivity index (χ1) is 14.5. The van der Waals surface area contributed by atoms with Gasteiger partial charge in [-0.25, -0.2) is 5.01 Å². The second kappa shape index (κ2) is 7.62. The van der Waals surface area contributed by atoms with Crippen LogP contribution in [-0.2, 0) is 0 Å². The van der Waals surface area contributed by atoms with Gasteiger partial charge in [-0.2, -0.15) is 5.10 Å². The van der Waals surface area contributed by atoms with Gasteiger partial charge in [0.05, 0.1) is 16.8 Å². The molecule has 2 heterocycles.